The minimum atomic E-state index is -0.702. The second kappa shape index (κ2) is 6.57. The number of primary amides is 1. The van der Waals surface area contributed by atoms with Crippen LogP contribution in [0, 0.1) is 0 Å². The van der Waals surface area contributed by atoms with Gasteiger partial charge in [-0.05, 0) is 23.4 Å². The second-order valence-corrected chi connectivity index (χ2v) is 6.70. The third-order valence-corrected chi connectivity index (χ3v) is 4.93. The first-order chi connectivity index (χ1) is 12.6. The number of aryl methyl sites for hydroxylation is 2. The molecule has 26 heavy (non-hydrogen) atoms. The average Bonchev–Trinajstić information content (AvgIpc) is 3.27. The highest BCUT2D eigenvalue weighted by Crippen LogP contribution is 2.24. The second-order valence-electron chi connectivity index (χ2n) is 5.75. The quantitative estimate of drug-likeness (QED) is 0.565. The molecule has 0 saturated carbocycles. The third-order valence-electron chi connectivity index (χ3n) is 4.06. The van der Waals surface area contributed by atoms with Crippen LogP contribution in [0.4, 0.5) is 0 Å². The van der Waals surface area contributed by atoms with Gasteiger partial charge >= 0.3 is 5.69 Å². The summed E-state index contributed by atoms with van der Waals surface area (Å²) < 4.78 is 1.52. The van der Waals surface area contributed by atoms with E-state index in [1.807, 2.05) is 47.8 Å². The third kappa shape index (κ3) is 2.91. The van der Waals surface area contributed by atoms with Gasteiger partial charge in [0.05, 0.1) is 4.88 Å². The van der Waals surface area contributed by atoms with Crippen molar-refractivity contribution in [2.45, 2.75) is 13.0 Å². The van der Waals surface area contributed by atoms with Crippen LogP contribution >= 0.6 is 11.3 Å². The maximum atomic E-state index is 12.4. The Morgan fingerprint density at radius 2 is 1.96 bits per heavy atom. The fourth-order valence-corrected chi connectivity index (χ4v) is 3.47. The summed E-state index contributed by atoms with van der Waals surface area (Å²) in [7, 11) is 0. The SMILES string of the molecule is NC(=O)c1nc(-c2cccs2)nc2c1[nH]c(=O)n2CCc1ccccc1. The molecule has 0 unspecified atom stereocenters. The molecule has 0 atom stereocenters. The number of carbonyl (C=O) groups excluding carboxylic acids is 1. The van der Waals surface area contributed by atoms with Gasteiger partial charge in [-0.1, -0.05) is 36.4 Å². The van der Waals surface area contributed by atoms with Crippen LogP contribution in [0.15, 0.2) is 52.6 Å². The number of nitrogens with two attached hydrogens (primary N) is 1. The molecule has 4 aromatic rings. The van der Waals surface area contributed by atoms with Gasteiger partial charge < -0.3 is 10.7 Å². The van der Waals surface area contributed by atoms with Crippen molar-refractivity contribution in [1.29, 1.82) is 0 Å². The number of H-pyrrole nitrogens is 1. The molecule has 3 heterocycles. The largest absolute Gasteiger partial charge is 0.364 e. The summed E-state index contributed by atoms with van der Waals surface area (Å²) in [6.07, 6.45) is 0.665. The zero-order chi connectivity index (χ0) is 18.1. The van der Waals surface area contributed by atoms with Gasteiger partial charge in [0.25, 0.3) is 5.91 Å². The van der Waals surface area contributed by atoms with Gasteiger partial charge in [-0.3, -0.25) is 9.36 Å². The first-order valence-electron chi connectivity index (χ1n) is 8.01. The normalized spacial score (nSPS) is 11.1. The number of amides is 1. The van der Waals surface area contributed by atoms with E-state index in [1.165, 1.54) is 15.9 Å². The van der Waals surface area contributed by atoms with E-state index in [2.05, 4.69) is 15.0 Å². The summed E-state index contributed by atoms with van der Waals surface area (Å²) in [6.45, 7) is 0.432. The van der Waals surface area contributed by atoms with Gasteiger partial charge in [0.2, 0.25) is 0 Å². The lowest BCUT2D eigenvalue weighted by molar-refractivity contribution is 0.0997. The van der Waals surface area contributed by atoms with Crippen LogP contribution in [0.5, 0.6) is 0 Å². The molecule has 0 radical (unpaired) electrons. The van der Waals surface area contributed by atoms with E-state index < -0.39 is 5.91 Å². The minimum Gasteiger partial charge on any atom is -0.364 e. The molecular formula is C18H15N5O2S. The predicted molar refractivity (Wildman–Crippen MR) is 100 cm³/mol. The molecule has 0 aliphatic rings. The monoisotopic (exact) mass is 365 g/mol. The standard InChI is InChI=1S/C18H15N5O2S/c19-15(24)13-14-17(22-16(20-13)12-7-4-10-26-12)23(18(25)21-14)9-8-11-5-2-1-3-6-11/h1-7,10H,8-9H2,(H2,19,24)(H,21,25). The van der Waals surface area contributed by atoms with Crippen molar-refractivity contribution in [3.8, 4) is 10.7 Å². The number of imidazole rings is 1. The van der Waals surface area contributed by atoms with E-state index in [-0.39, 0.29) is 16.9 Å². The Labute approximate surface area is 152 Å². The molecule has 0 aliphatic carbocycles. The summed E-state index contributed by atoms with van der Waals surface area (Å²) >= 11 is 1.45. The maximum Gasteiger partial charge on any atom is 0.327 e. The van der Waals surface area contributed by atoms with Crippen LogP contribution in [0.1, 0.15) is 16.1 Å². The first kappa shape index (κ1) is 16.2. The fraction of sp³-hybridized carbons (Fsp3) is 0.111. The predicted octanol–water partition coefficient (Wildman–Crippen LogP) is 2.19. The highest BCUT2D eigenvalue weighted by atomic mass is 32.1. The summed E-state index contributed by atoms with van der Waals surface area (Å²) in [6, 6.07) is 13.6. The van der Waals surface area contributed by atoms with Crippen LogP contribution in [-0.4, -0.2) is 25.4 Å². The number of benzene rings is 1. The van der Waals surface area contributed by atoms with Gasteiger partial charge in [0, 0.05) is 6.54 Å². The molecule has 8 heteroatoms. The molecule has 0 fully saturated rings. The van der Waals surface area contributed by atoms with Crippen molar-refractivity contribution in [2.75, 3.05) is 0 Å². The van der Waals surface area contributed by atoms with Crippen LogP contribution in [0.2, 0.25) is 0 Å². The van der Waals surface area contributed by atoms with Crippen LogP contribution in [-0.2, 0) is 13.0 Å². The zero-order valence-electron chi connectivity index (χ0n) is 13.7. The molecule has 4 rings (SSSR count). The number of nitrogens with zero attached hydrogens (tertiary/aromatic N) is 3. The van der Waals surface area contributed by atoms with Crippen molar-refractivity contribution < 1.29 is 4.79 Å². The summed E-state index contributed by atoms with van der Waals surface area (Å²) in [4.78, 5) is 36.5. The highest BCUT2D eigenvalue weighted by molar-refractivity contribution is 7.13. The molecule has 3 N–H and O–H groups in total. The number of nitrogens with one attached hydrogen (secondary N) is 1. The molecule has 3 aromatic heterocycles. The lowest BCUT2D eigenvalue weighted by Crippen LogP contribution is -2.18. The lowest BCUT2D eigenvalue weighted by Gasteiger charge is -2.05. The van der Waals surface area contributed by atoms with Crippen molar-refractivity contribution in [3.63, 3.8) is 0 Å². The summed E-state index contributed by atoms with van der Waals surface area (Å²) in [5, 5.41) is 1.90. The number of hydrogen-bond acceptors (Lipinski definition) is 5. The van der Waals surface area contributed by atoms with Gasteiger partial charge in [0.1, 0.15) is 5.52 Å². The van der Waals surface area contributed by atoms with Crippen LogP contribution < -0.4 is 11.4 Å². The van der Waals surface area contributed by atoms with Crippen LogP contribution in [0.3, 0.4) is 0 Å². The number of hydrogen-bond donors (Lipinski definition) is 2. The topological polar surface area (TPSA) is 107 Å². The smallest absolute Gasteiger partial charge is 0.327 e. The van der Waals surface area contributed by atoms with Crippen LogP contribution in [0.25, 0.3) is 21.9 Å². The number of fused-ring (bicyclic) bond motifs is 1. The Morgan fingerprint density at radius 1 is 1.15 bits per heavy atom. The summed E-state index contributed by atoms with van der Waals surface area (Å²) in [5.74, 6) is -0.319. The van der Waals surface area contributed by atoms with E-state index in [1.54, 1.807) is 0 Å². The molecule has 0 aliphatic heterocycles. The molecule has 1 aromatic carbocycles. The Kier molecular flexibility index (Phi) is 4.10. The van der Waals surface area contributed by atoms with Crippen molar-refractivity contribution in [1.82, 2.24) is 19.5 Å². The van der Waals surface area contributed by atoms with E-state index in [0.717, 1.165) is 10.4 Å². The molecule has 1 amide bonds. The Hall–Kier alpha value is -3.26. The Balaban J connectivity index is 1.83. The average molecular weight is 365 g/mol. The molecule has 7 nitrogen and oxygen atoms in total. The number of thiophene rings is 1. The summed E-state index contributed by atoms with van der Waals surface area (Å²) in [5.41, 5.74) is 6.92. The Bertz CT molecular complexity index is 1130. The van der Waals surface area contributed by atoms with Gasteiger partial charge in [-0.2, -0.15) is 0 Å². The minimum absolute atomic E-state index is 0.0222. The number of aromatic amines is 1. The first-order valence-corrected chi connectivity index (χ1v) is 8.89. The molecule has 0 bridgehead atoms. The van der Waals surface area contributed by atoms with E-state index in [9.17, 15) is 9.59 Å². The fourth-order valence-electron chi connectivity index (χ4n) is 2.82. The molecule has 0 spiro atoms. The highest BCUT2D eigenvalue weighted by Gasteiger charge is 2.19. The van der Waals surface area contributed by atoms with E-state index in [0.29, 0.717) is 24.4 Å². The number of rotatable bonds is 5. The van der Waals surface area contributed by atoms with E-state index >= 15 is 0 Å². The van der Waals surface area contributed by atoms with Gasteiger partial charge in [-0.25, -0.2) is 14.8 Å². The van der Waals surface area contributed by atoms with Crippen molar-refractivity contribution >= 4 is 28.4 Å². The zero-order valence-corrected chi connectivity index (χ0v) is 14.5. The Morgan fingerprint density at radius 3 is 2.65 bits per heavy atom. The number of carbonyl (C=O) groups is 1. The lowest BCUT2D eigenvalue weighted by atomic mass is 10.1. The van der Waals surface area contributed by atoms with E-state index in [4.69, 9.17) is 5.73 Å². The molecule has 130 valence electrons. The maximum absolute atomic E-state index is 12.4. The van der Waals surface area contributed by atoms with Crippen molar-refractivity contribution in [2.24, 2.45) is 5.73 Å². The van der Waals surface area contributed by atoms with Crippen molar-refractivity contribution in [3.05, 3.63) is 69.6 Å². The molecule has 0 saturated heterocycles. The van der Waals surface area contributed by atoms with Gasteiger partial charge in [-0.15, -0.1) is 11.3 Å². The molecular weight excluding hydrogens is 350 g/mol. The van der Waals surface area contributed by atoms with Gasteiger partial charge in [0.15, 0.2) is 17.2 Å². The number of aromatic nitrogens is 4.